The Morgan fingerprint density at radius 2 is 1.66 bits per heavy atom. The van der Waals surface area contributed by atoms with E-state index in [-0.39, 0.29) is 28.1 Å². The van der Waals surface area contributed by atoms with Crippen molar-refractivity contribution >= 4 is 28.7 Å². The molecule has 0 amide bonds. The molecule has 0 aliphatic rings. The Balaban J connectivity index is 1.96. The molecule has 0 fully saturated rings. The summed E-state index contributed by atoms with van der Waals surface area (Å²) in [6.07, 6.45) is -1.82. The number of aromatic nitrogens is 2. The van der Waals surface area contributed by atoms with Gasteiger partial charge in [-0.3, -0.25) is 19.5 Å². The lowest BCUT2D eigenvalue weighted by atomic mass is 10.1. The maximum Gasteiger partial charge on any atom is 0.416 e. The molecule has 32 heavy (non-hydrogen) atoms. The van der Waals surface area contributed by atoms with E-state index < -0.39 is 22.2 Å². The minimum atomic E-state index is -4.59. The van der Waals surface area contributed by atoms with E-state index in [9.17, 15) is 28.1 Å². The third-order valence-corrected chi connectivity index (χ3v) is 4.78. The molecule has 160 valence electrons. The number of nitro groups is 1. The molecule has 1 aromatic heterocycles. The van der Waals surface area contributed by atoms with E-state index in [1.54, 1.807) is 24.3 Å². The molecule has 0 aliphatic carbocycles. The van der Waals surface area contributed by atoms with Crippen molar-refractivity contribution in [3.8, 4) is 5.69 Å². The van der Waals surface area contributed by atoms with Gasteiger partial charge in [0.25, 0.3) is 11.2 Å². The minimum Gasteiger partial charge on any atom is -0.268 e. The van der Waals surface area contributed by atoms with Gasteiger partial charge in [0.2, 0.25) is 0 Å². The number of halogens is 3. The number of benzene rings is 3. The first-order valence-corrected chi connectivity index (χ1v) is 9.36. The van der Waals surface area contributed by atoms with E-state index in [0.717, 1.165) is 16.7 Å². The number of para-hydroxylation sites is 2. The molecule has 1 heterocycles. The predicted molar refractivity (Wildman–Crippen MR) is 114 cm³/mol. The lowest BCUT2D eigenvalue weighted by molar-refractivity contribution is -0.385. The van der Waals surface area contributed by atoms with Crippen molar-refractivity contribution in [2.75, 3.05) is 0 Å². The highest BCUT2D eigenvalue weighted by Crippen LogP contribution is 2.30. The van der Waals surface area contributed by atoms with Gasteiger partial charge in [0, 0.05) is 6.07 Å². The maximum absolute atomic E-state index is 13.2. The fourth-order valence-electron chi connectivity index (χ4n) is 3.29. The Kier molecular flexibility index (Phi) is 5.31. The van der Waals surface area contributed by atoms with Crippen molar-refractivity contribution < 1.29 is 18.1 Å². The van der Waals surface area contributed by atoms with Gasteiger partial charge in [0.15, 0.2) is 0 Å². The third kappa shape index (κ3) is 4.00. The summed E-state index contributed by atoms with van der Waals surface area (Å²) in [5.41, 5.74) is -1.04. The van der Waals surface area contributed by atoms with Gasteiger partial charge in [-0.05, 0) is 48.6 Å². The van der Waals surface area contributed by atoms with Gasteiger partial charge in [-0.15, -0.1) is 0 Å². The van der Waals surface area contributed by atoms with Crippen molar-refractivity contribution in [3.05, 3.63) is 110 Å². The summed E-state index contributed by atoms with van der Waals surface area (Å²) in [6.45, 7) is 0. The summed E-state index contributed by atoms with van der Waals surface area (Å²) in [7, 11) is 0. The van der Waals surface area contributed by atoms with E-state index in [1.807, 2.05) is 0 Å². The van der Waals surface area contributed by atoms with Gasteiger partial charge < -0.3 is 0 Å². The molecule has 9 heteroatoms. The van der Waals surface area contributed by atoms with Gasteiger partial charge in [-0.2, -0.15) is 13.2 Å². The average Bonchev–Trinajstić information content (AvgIpc) is 2.77. The molecule has 4 rings (SSSR count). The number of fused-ring (bicyclic) bond motifs is 1. The highest BCUT2D eigenvalue weighted by Gasteiger charge is 2.30. The number of nitro benzene ring substituents is 1. The molecular formula is C23H14F3N3O3. The van der Waals surface area contributed by atoms with Gasteiger partial charge in [0.1, 0.15) is 5.82 Å². The first-order chi connectivity index (χ1) is 15.3. The van der Waals surface area contributed by atoms with Crippen molar-refractivity contribution in [2.24, 2.45) is 0 Å². The van der Waals surface area contributed by atoms with Crippen molar-refractivity contribution in [2.45, 2.75) is 6.18 Å². The Morgan fingerprint density at radius 3 is 2.41 bits per heavy atom. The zero-order valence-corrected chi connectivity index (χ0v) is 16.3. The molecule has 0 N–H and O–H groups in total. The number of alkyl halides is 3. The summed E-state index contributed by atoms with van der Waals surface area (Å²) in [6, 6.07) is 16.8. The van der Waals surface area contributed by atoms with Crippen molar-refractivity contribution in [1.29, 1.82) is 0 Å². The fourth-order valence-corrected chi connectivity index (χ4v) is 3.29. The number of hydrogen-bond donors (Lipinski definition) is 0. The highest BCUT2D eigenvalue weighted by atomic mass is 19.4. The smallest absolute Gasteiger partial charge is 0.268 e. The normalized spacial score (nSPS) is 11.8. The van der Waals surface area contributed by atoms with E-state index >= 15 is 0 Å². The van der Waals surface area contributed by atoms with Crippen LogP contribution in [0, 0.1) is 10.1 Å². The Morgan fingerprint density at radius 1 is 0.938 bits per heavy atom. The molecule has 0 saturated carbocycles. The monoisotopic (exact) mass is 437 g/mol. The second-order valence-electron chi connectivity index (χ2n) is 6.83. The molecule has 4 aromatic rings. The standard InChI is InChI=1S/C23H14F3N3O3/c24-23(25,26)16-7-5-8-17(14-16)28-21(27-19-10-3-2-9-18(19)22(28)30)13-12-15-6-1-4-11-20(15)29(31)32/h1-14H/b13-12+. The maximum atomic E-state index is 13.2. The van der Waals surface area contributed by atoms with Crippen LogP contribution in [-0.2, 0) is 6.18 Å². The van der Waals surface area contributed by atoms with Crippen LogP contribution in [0.5, 0.6) is 0 Å². The summed E-state index contributed by atoms with van der Waals surface area (Å²) in [5, 5.41) is 11.5. The first kappa shape index (κ1) is 21.0. The van der Waals surface area contributed by atoms with E-state index in [4.69, 9.17) is 0 Å². The second kappa shape index (κ2) is 8.10. The number of hydrogen-bond acceptors (Lipinski definition) is 4. The van der Waals surface area contributed by atoms with Crippen LogP contribution in [0.2, 0.25) is 0 Å². The topological polar surface area (TPSA) is 78.0 Å². The zero-order chi connectivity index (χ0) is 22.9. The first-order valence-electron chi connectivity index (χ1n) is 9.36. The quantitative estimate of drug-likeness (QED) is 0.313. The van der Waals surface area contributed by atoms with E-state index in [2.05, 4.69) is 4.98 Å². The van der Waals surface area contributed by atoms with Crippen molar-refractivity contribution in [1.82, 2.24) is 9.55 Å². The Bertz CT molecular complexity index is 1430. The molecule has 0 unspecified atom stereocenters. The molecule has 0 aliphatic heterocycles. The molecule has 0 spiro atoms. The summed E-state index contributed by atoms with van der Waals surface area (Å²) in [4.78, 5) is 28.3. The van der Waals surface area contributed by atoms with Gasteiger partial charge in [0.05, 0.1) is 32.6 Å². The zero-order valence-electron chi connectivity index (χ0n) is 16.3. The van der Waals surface area contributed by atoms with Gasteiger partial charge >= 0.3 is 6.18 Å². The predicted octanol–water partition coefficient (Wildman–Crippen LogP) is 5.48. The van der Waals surface area contributed by atoms with Gasteiger partial charge in [-0.25, -0.2) is 4.98 Å². The van der Waals surface area contributed by atoms with Crippen LogP contribution in [0.3, 0.4) is 0 Å². The van der Waals surface area contributed by atoms with Gasteiger partial charge in [-0.1, -0.05) is 30.3 Å². The average molecular weight is 437 g/mol. The minimum absolute atomic E-state index is 0.0229. The van der Waals surface area contributed by atoms with Crippen LogP contribution in [-0.4, -0.2) is 14.5 Å². The van der Waals surface area contributed by atoms with E-state index in [1.165, 1.54) is 48.6 Å². The lowest BCUT2D eigenvalue weighted by Crippen LogP contribution is -2.22. The van der Waals surface area contributed by atoms with Crippen LogP contribution in [0.15, 0.2) is 77.6 Å². The fraction of sp³-hybridized carbons (Fsp3) is 0.0435. The molecule has 0 saturated heterocycles. The molecular weight excluding hydrogens is 423 g/mol. The number of rotatable bonds is 4. The SMILES string of the molecule is O=c1c2ccccc2nc(/C=C/c2ccccc2[N+](=O)[O-])n1-c1cccc(C(F)(F)F)c1. The van der Waals surface area contributed by atoms with E-state index in [0.29, 0.717) is 5.52 Å². The summed E-state index contributed by atoms with van der Waals surface area (Å²) in [5.74, 6) is 0.0335. The van der Waals surface area contributed by atoms with Crippen LogP contribution in [0.1, 0.15) is 17.0 Å². The molecule has 6 nitrogen and oxygen atoms in total. The Labute approximate surface area is 179 Å². The molecule has 0 bridgehead atoms. The highest BCUT2D eigenvalue weighted by molar-refractivity contribution is 5.80. The molecule has 0 radical (unpaired) electrons. The van der Waals surface area contributed by atoms with Crippen molar-refractivity contribution in [3.63, 3.8) is 0 Å². The van der Waals surface area contributed by atoms with Crippen LogP contribution in [0.25, 0.3) is 28.7 Å². The summed E-state index contributed by atoms with van der Waals surface area (Å²) < 4.78 is 40.8. The lowest BCUT2D eigenvalue weighted by Gasteiger charge is -2.14. The number of nitrogens with zero attached hydrogens (tertiary/aromatic N) is 3. The Hall–Kier alpha value is -4.27. The molecule has 0 atom stereocenters. The second-order valence-corrected chi connectivity index (χ2v) is 6.83. The van der Waals surface area contributed by atoms with Crippen LogP contribution < -0.4 is 5.56 Å². The van der Waals surface area contributed by atoms with Crippen LogP contribution in [0.4, 0.5) is 18.9 Å². The van der Waals surface area contributed by atoms with Crippen LogP contribution >= 0.6 is 0 Å². The largest absolute Gasteiger partial charge is 0.416 e. The third-order valence-electron chi connectivity index (χ3n) is 4.78. The summed E-state index contributed by atoms with van der Waals surface area (Å²) >= 11 is 0. The molecule has 3 aromatic carbocycles.